The van der Waals surface area contributed by atoms with Gasteiger partial charge >= 0.3 is 6.18 Å². The van der Waals surface area contributed by atoms with Gasteiger partial charge in [-0.3, -0.25) is 4.79 Å². The van der Waals surface area contributed by atoms with E-state index in [4.69, 9.17) is 11.6 Å². The SMILES string of the molecule is C=Cc1c(C(=O)N[C@@H]2CCCC[C@H]2O)cc(Cc2ccc(-n3cccn3)cc2)c(C(F)(F)F)c1Cl. The number of aliphatic hydroxyl groups is 1. The highest BCUT2D eigenvalue weighted by Crippen LogP contribution is 2.41. The maximum Gasteiger partial charge on any atom is 0.418 e. The van der Waals surface area contributed by atoms with Gasteiger partial charge in [0.05, 0.1) is 28.4 Å². The topological polar surface area (TPSA) is 67.2 Å². The van der Waals surface area contributed by atoms with Crippen molar-refractivity contribution in [2.45, 2.75) is 50.4 Å². The summed E-state index contributed by atoms with van der Waals surface area (Å²) in [6.45, 7) is 3.58. The lowest BCUT2D eigenvalue weighted by Gasteiger charge is -2.29. The van der Waals surface area contributed by atoms with Crippen LogP contribution in [0, 0.1) is 0 Å². The maximum absolute atomic E-state index is 14.1. The average Bonchev–Trinajstić information content (AvgIpc) is 3.35. The van der Waals surface area contributed by atoms with Crippen LogP contribution >= 0.6 is 11.6 Å². The van der Waals surface area contributed by atoms with E-state index < -0.39 is 34.8 Å². The molecule has 184 valence electrons. The van der Waals surface area contributed by atoms with Gasteiger partial charge in [-0.1, -0.05) is 49.2 Å². The number of rotatable bonds is 6. The lowest BCUT2D eigenvalue weighted by molar-refractivity contribution is -0.138. The van der Waals surface area contributed by atoms with Crippen molar-refractivity contribution >= 4 is 23.6 Å². The summed E-state index contributed by atoms with van der Waals surface area (Å²) in [5.41, 5.74) is 0.191. The number of aromatic nitrogens is 2. The van der Waals surface area contributed by atoms with Crippen LogP contribution in [0.1, 0.15) is 58.3 Å². The number of hydrogen-bond acceptors (Lipinski definition) is 3. The van der Waals surface area contributed by atoms with Gasteiger partial charge in [0.15, 0.2) is 0 Å². The Hall–Kier alpha value is -3.10. The maximum atomic E-state index is 14.1. The Bertz CT molecular complexity index is 1210. The number of nitrogens with one attached hydrogen (secondary N) is 1. The molecule has 3 aromatic rings. The number of hydrogen-bond donors (Lipinski definition) is 2. The summed E-state index contributed by atoms with van der Waals surface area (Å²) in [5, 5.41) is 16.6. The molecule has 0 spiro atoms. The molecule has 1 fully saturated rings. The number of amides is 1. The second kappa shape index (κ2) is 10.3. The van der Waals surface area contributed by atoms with Gasteiger partial charge < -0.3 is 10.4 Å². The summed E-state index contributed by atoms with van der Waals surface area (Å²) >= 11 is 6.25. The summed E-state index contributed by atoms with van der Waals surface area (Å²) in [4.78, 5) is 13.1. The molecule has 1 aliphatic rings. The quantitative estimate of drug-likeness (QED) is 0.446. The van der Waals surface area contributed by atoms with Gasteiger partial charge in [0, 0.05) is 23.5 Å². The lowest BCUT2D eigenvalue weighted by atomic mass is 9.90. The Morgan fingerprint density at radius 3 is 2.57 bits per heavy atom. The number of benzene rings is 2. The van der Waals surface area contributed by atoms with Crippen LogP contribution in [0.4, 0.5) is 13.2 Å². The number of nitrogens with zero attached hydrogens (tertiary/aromatic N) is 2. The fourth-order valence-corrected chi connectivity index (χ4v) is 4.89. The van der Waals surface area contributed by atoms with E-state index in [0.29, 0.717) is 18.4 Å². The standard InChI is InChI=1S/C26H25ClF3N3O2/c1-2-19-20(25(35)32-21-6-3-4-7-22(21)34)15-17(23(24(19)27)26(28,29)30)14-16-8-10-18(11-9-16)33-13-5-12-31-33/h2,5,8-13,15,21-22,34H,1,3-4,6-7,14H2,(H,32,35)/t21-,22-/m1/s1. The molecule has 4 rings (SSSR count). The van der Waals surface area contributed by atoms with Crippen molar-refractivity contribution in [2.24, 2.45) is 0 Å². The number of halogens is 4. The third-order valence-corrected chi connectivity index (χ3v) is 6.66. The van der Waals surface area contributed by atoms with Crippen molar-refractivity contribution < 1.29 is 23.1 Å². The van der Waals surface area contributed by atoms with E-state index in [1.54, 1.807) is 47.4 Å². The summed E-state index contributed by atoms with van der Waals surface area (Å²) < 4.78 is 43.9. The van der Waals surface area contributed by atoms with Crippen LogP contribution in [0.25, 0.3) is 11.8 Å². The molecule has 0 bridgehead atoms. The Labute approximate surface area is 206 Å². The first kappa shape index (κ1) is 25.0. The van der Waals surface area contributed by atoms with Gasteiger partial charge in [0.2, 0.25) is 0 Å². The van der Waals surface area contributed by atoms with Crippen LogP contribution in [0.15, 0.2) is 55.4 Å². The van der Waals surface area contributed by atoms with Crippen LogP contribution in [0.3, 0.4) is 0 Å². The minimum Gasteiger partial charge on any atom is -0.391 e. The molecule has 2 atom stereocenters. The van der Waals surface area contributed by atoms with Crippen LogP contribution in [-0.2, 0) is 12.6 Å². The molecule has 0 saturated heterocycles. The normalized spacial score (nSPS) is 18.3. The molecular weight excluding hydrogens is 479 g/mol. The van der Waals surface area contributed by atoms with Crippen molar-refractivity contribution in [1.82, 2.24) is 15.1 Å². The van der Waals surface area contributed by atoms with Crippen molar-refractivity contribution in [3.63, 3.8) is 0 Å². The zero-order valence-electron chi connectivity index (χ0n) is 18.9. The van der Waals surface area contributed by atoms with Gasteiger partial charge in [-0.25, -0.2) is 4.68 Å². The van der Waals surface area contributed by atoms with Crippen molar-refractivity contribution in [3.05, 3.63) is 88.2 Å². The molecule has 5 nitrogen and oxygen atoms in total. The molecule has 0 radical (unpaired) electrons. The van der Waals surface area contributed by atoms with Crippen LogP contribution in [-0.4, -0.2) is 32.9 Å². The smallest absolute Gasteiger partial charge is 0.391 e. The molecular formula is C26H25ClF3N3O2. The fourth-order valence-electron chi connectivity index (χ4n) is 4.49. The molecule has 1 amide bonds. The predicted molar refractivity (Wildman–Crippen MR) is 129 cm³/mol. The average molecular weight is 504 g/mol. The largest absolute Gasteiger partial charge is 0.418 e. The van der Waals surface area contributed by atoms with Crippen LogP contribution < -0.4 is 5.32 Å². The summed E-state index contributed by atoms with van der Waals surface area (Å²) in [5.74, 6) is -0.586. The Morgan fingerprint density at radius 1 is 1.26 bits per heavy atom. The lowest BCUT2D eigenvalue weighted by Crippen LogP contribution is -2.45. The third-order valence-electron chi connectivity index (χ3n) is 6.26. The number of alkyl halides is 3. The zero-order valence-corrected chi connectivity index (χ0v) is 19.6. The van der Waals surface area contributed by atoms with E-state index in [1.165, 1.54) is 6.07 Å². The number of aliphatic hydroxyl groups excluding tert-OH is 1. The zero-order chi connectivity index (χ0) is 25.2. The predicted octanol–water partition coefficient (Wildman–Crippen LogP) is 5.81. The summed E-state index contributed by atoms with van der Waals surface area (Å²) in [7, 11) is 0. The van der Waals surface area contributed by atoms with Gasteiger partial charge in [0.25, 0.3) is 5.91 Å². The van der Waals surface area contributed by atoms with Crippen molar-refractivity contribution in [2.75, 3.05) is 0 Å². The molecule has 35 heavy (non-hydrogen) atoms. The van der Waals surface area contributed by atoms with E-state index in [0.717, 1.165) is 24.6 Å². The monoisotopic (exact) mass is 503 g/mol. The van der Waals surface area contributed by atoms with E-state index in [1.807, 2.05) is 0 Å². The Balaban J connectivity index is 1.71. The van der Waals surface area contributed by atoms with Crippen molar-refractivity contribution in [3.8, 4) is 5.69 Å². The molecule has 1 saturated carbocycles. The summed E-state index contributed by atoms with van der Waals surface area (Å²) in [6, 6.07) is 9.48. The van der Waals surface area contributed by atoms with Crippen molar-refractivity contribution in [1.29, 1.82) is 0 Å². The molecule has 9 heteroatoms. The van der Waals surface area contributed by atoms with Gasteiger partial charge in [0.1, 0.15) is 0 Å². The molecule has 0 aliphatic heterocycles. The van der Waals surface area contributed by atoms with E-state index in [-0.39, 0.29) is 23.1 Å². The highest BCUT2D eigenvalue weighted by molar-refractivity contribution is 6.33. The summed E-state index contributed by atoms with van der Waals surface area (Å²) in [6.07, 6.45) is 1.91. The second-order valence-electron chi connectivity index (χ2n) is 8.61. The molecule has 0 unspecified atom stereocenters. The van der Waals surface area contributed by atoms with E-state index in [9.17, 15) is 23.1 Å². The van der Waals surface area contributed by atoms with Gasteiger partial charge in [-0.05, 0) is 54.7 Å². The molecule has 1 aliphatic carbocycles. The number of carbonyl (C=O) groups is 1. The highest BCUT2D eigenvalue weighted by atomic mass is 35.5. The fraction of sp³-hybridized carbons (Fsp3) is 0.308. The Morgan fingerprint density at radius 2 is 1.97 bits per heavy atom. The minimum absolute atomic E-state index is 0.000986. The first-order valence-electron chi connectivity index (χ1n) is 11.3. The molecule has 1 aromatic heterocycles. The number of carbonyl (C=O) groups excluding carboxylic acids is 1. The third kappa shape index (κ3) is 5.44. The molecule has 2 N–H and O–H groups in total. The first-order chi connectivity index (χ1) is 16.7. The van der Waals surface area contributed by atoms with E-state index >= 15 is 0 Å². The molecule has 2 aromatic carbocycles. The van der Waals surface area contributed by atoms with Gasteiger partial charge in [-0.15, -0.1) is 0 Å². The highest BCUT2D eigenvalue weighted by Gasteiger charge is 2.38. The first-order valence-corrected chi connectivity index (χ1v) is 11.7. The second-order valence-corrected chi connectivity index (χ2v) is 8.99. The van der Waals surface area contributed by atoms with Crippen LogP contribution in [0.5, 0.6) is 0 Å². The molecule has 1 heterocycles. The van der Waals surface area contributed by atoms with Gasteiger partial charge in [-0.2, -0.15) is 18.3 Å². The van der Waals surface area contributed by atoms with Crippen LogP contribution in [0.2, 0.25) is 5.02 Å². The Kier molecular flexibility index (Phi) is 7.33. The minimum atomic E-state index is -4.73. The van der Waals surface area contributed by atoms with E-state index in [2.05, 4.69) is 17.0 Å².